The highest BCUT2D eigenvalue weighted by atomic mass is 16.5. The SMILES string of the molecule is CCOCC(O)CN(Cc1ccco1)C1CC1. The largest absolute Gasteiger partial charge is 0.468 e. The van der Waals surface area contributed by atoms with E-state index >= 15 is 0 Å². The van der Waals surface area contributed by atoms with E-state index < -0.39 is 6.10 Å². The summed E-state index contributed by atoms with van der Waals surface area (Å²) in [6, 6.07) is 4.48. The lowest BCUT2D eigenvalue weighted by atomic mass is 10.3. The maximum Gasteiger partial charge on any atom is 0.117 e. The second-order valence-electron chi connectivity index (χ2n) is 4.55. The minimum Gasteiger partial charge on any atom is -0.468 e. The Hall–Kier alpha value is -0.840. The number of furan rings is 1. The number of ether oxygens (including phenoxy) is 1. The summed E-state index contributed by atoms with van der Waals surface area (Å²) in [5, 5.41) is 9.86. The van der Waals surface area contributed by atoms with Crippen LogP contribution in [0.25, 0.3) is 0 Å². The molecule has 17 heavy (non-hydrogen) atoms. The first kappa shape index (κ1) is 12.6. The van der Waals surface area contributed by atoms with Gasteiger partial charge in [0.15, 0.2) is 0 Å². The third kappa shape index (κ3) is 4.15. The van der Waals surface area contributed by atoms with Crippen LogP contribution in [0.4, 0.5) is 0 Å². The maximum atomic E-state index is 9.86. The molecule has 4 heteroatoms. The lowest BCUT2D eigenvalue weighted by Gasteiger charge is -2.23. The van der Waals surface area contributed by atoms with Gasteiger partial charge in [-0.15, -0.1) is 0 Å². The Labute approximate surface area is 102 Å². The van der Waals surface area contributed by atoms with E-state index in [1.807, 2.05) is 19.1 Å². The van der Waals surface area contributed by atoms with Crippen molar-refractivity contribution in [3.8, 4) is 0 Å². The Morgan fingerprint density at radius 3 is 3.00 bits per heavy atom. The van der Waals surface area contributed by atoms with Gasteiger partial charge in [-0.2, -0.15) is 0 Å². The molecule has 1 heterocycles. The monoisotopic (exact) mass is 239 g/mol. The van der Waals surface area contributed by atoms with E-state index in [0.717, 1.165) is 12.3 Å². The van der Waals surface area contributed by atoms with Crippen molar-refractivity contribution in [1.82, 2.24) is 4.90 Å². The Balaban J connectivity index is 1.80. The highest BCUT2D eigenvalue weighted by Crippen LogP contribution is 2.28. The average molecular weight is 239 g/mol. The number of aliphatic hydroxyl groups excluding tert-OH is 1. The Morgan fingerprint density at radius 2 is 2.41 bits per heavy atom. The summed E-state index contributed by atoms with van der Waals surface area (Å²) >= 11 is 0. The molecule has 0 saturated heterocycles. The first-order chi connectivity index (χ1) is 8.29. The second kappa shape index (κ2) is 6.19. The minimum absolute atomic E-state index is 0.412. The molecule has 1 unspecified atom stereocenters. The van der Waals surface area contributed by atoms with Crippen LogP contribution in [0.5, 0.6) is 0 Å². The van der Waals surface area contributed by atoms with Gasteiger partial charge in [0.05, 0.1) is 25.5 Å². The molecule has 0 spiro atoms. The molecule has 0 bridgehead atoms. The standard InChI is InChI=1S/C13H21NO3/c1-2-16-10-12(15)8-14(11-5-6-11)9-13-4-3-7-17-13/h3-4,7,11-12,15H,2,5-6,8-10H2,1H3. The second-order valence-corrected chi connectivity index (χ2v) is 4.55. The minimum atomic E-state index is -0.412. The van der Waals surface area contributed by atoms with Crippen molar-refractivity contribution in [3.05, 3.63) is 24.2 Å². The summed E-state index contributed by atoms with van der Waals surface area (Å²) in [6.07, 6.45) is 3.73. The maximum absolute atomic E-state index is 9.86. The lowest BCUT2D eigenvalue weighted by Crippen LogP contribution is -2.36. The third-order valence-corrected chi connectivity index (χ3v) is 2.96. The number of hydrogen-bond acceptors (Lipinski definition) is 4. The lowest BCUT2D eigenvalue weighted by molar-refractivity contribution is 0.0167. The predicted octanol–water partition coefficient (Wildman–Crippen LogP) is 1.64. The topological polar surface area (TPSA) is 45.8 Å². The fourth-order valence-corrected chi connectivity index (χ4v) is 1.96. The van der Waals surface area contributed by atoms with Crippen molar-refractivity contribution in [1.29, 1.82) is 0 Å². The molecule has 0 aromatic carbocycles. The summed E-state index contributed by atoms with van der Waals surface area (Å²) in [7, 11) is 0. The summed E-state index contributed by atoms with van der Waals surface area (Å²) in [5.74, 6) is 0.959. The van der Waals surface area contributed by atoms with Gasteiger partial charge >= 0.3 is 0 Å². The molecule has 1 aromatic rings. The van der Waals surface area contributed by atoms with Crippen LogP contribution in [0.15, 0.2) is 22.8 Å². The Bertz CT molecular complexity index is 308. The molecule has 1 atom stereocenters. The molecule has 0 aliphatic heterocycles. The third-order valence-electron chi connectivity index (χ3n) is 2.96. The molecule has 2 rings (SSSR count). The highest BCUT2D eigenvalue weighted by molar-refractivity contribution is 5.00. The first-order valence-corrected chi connectivity index (χ1v) is 6.32. The fourth-order valence-electron chi connectivity index (χ4n) is 1.96. The van der Waals surface area contributed by atoms with Crippen LogP contribution in [0.3, 0.4) is 0 Å². The van der Waals surface area contributed by atoms with Crippen molar-refractivity contribution < 1.29 is 14.3 Å². The summed E-state index contributed by atoms with van der Waals surface area (Å²) in [4.78, 5) is 2.28. The van der Waals surface area contributed by atoms with E-state index in [4.69, 9.17) is 9.15 Å². The van der Waals surface area contributed by atoms with Gasteiger partial charge in [-0.25, -0.2) is 0 Å². The molecule has 4 nitrogen and oxygen atoms in total. The number of hydrogen-bond donors (Lipinski definition) is 1. The van der Waals surface area contributed by atoms with Gasteiger partial charge in [0.1, 0.15) is 5.76 Å². The number of nitrogens with zero attached hydrogens (tertiary/aromatic N) is 1. The quantitative estimate of drug-likeness (QED) is 0.749. The van der Waals surface area contributed by atoms with Gasteiger partial charge in [-0.05, 0) is 31.9 Å². The van der Waals surface area contributed by atoms with E-state index in [1.54, 1.807) is 6.26 Å². The van der Waals surface area contributed by atoms with E-state index in [1.165, 1.54) is 12.8 Å². The van der Waals surface area contributed by atoms with Crippen molar-refractivity contribution >= 4 is 0 Å². The smallest absolute Gasteiger partial charge is 0.117 e. The van der Waals surface area contributed by atoms with E-state index in [-0.39, 0.29) is 0 Å². The molecule has 1 aromatic heterocycles. The summed E-state index contributed by atoms with van der Waals surface area (Å²) in [5.41, 5.74) is 0. The van der Waals surface area contributed by atoms with Crippen molar-refractivity contribution in [2.24, 2.45) is 0 Å². The van der Waals surface area contributed by atoms with Gasteiger partial charge in [0.2, 0.25) is 0 Å². The van der Waals surface area contributed by atoms with Crippen LogP contribution >= 0.6 is 0 Å². The van der Waals surface area contributed by atoms with Crippen LogP contribution < -0.4 is 0 Å². The van der Waals surface area contributed by atoms with Gasteiger partial charge in [0.25, 0.3) is 0 Å². The first-order valence-electron chi connectivity index (χ1n) is 6.32. The van der Waals surface area contributed by atoms with Crippen molar-refractivity contribution in [2.45, 2.75) is 38.5 Å². The molecular formula is C13H21NO3. The molecule has 1 aliphatic rings. The van der Waals surface area contributed by atoms with E-state index in [0.29, 0.717) is 25.8 Å². The van der Waals surface area contributed by atoms with Crippen LogP contribution in [0.2, 0.25) is 0 Å². The van der Waals surface area contributed by atoms with Gasteiger partial charge in [0, 0.05) is 19.2 Å². The number of rotatable bonds is 8. The van der Waals surface area contributed by atoms with Crippen LogP contribution in [0.1, 0.15) is 25.5 Å². The Kier molecular flexibility index (Phi) is 4.59. The van der Waals surface area contributed by atoms with Gasteiger partial charge < -0.3 is 14.3 Å². The fraction of sp³-hybridized carbons (Fsp3) is 0.692. The molecule has 1 aliphatic carbocycles. The predicted molar refractivity (Wildman–Crippen MR) is 64.6 cm³/mol. The molecule has 1 N–H and O–H groups in total. The molecule has 1 fully saturated rings. The average Bonchev–Trinajstić information content (AvgIpc) is 3.05. The molecular weight excluding hydrogens is 218 g/mol. The molecule has 0 amide bonds. The van der Waals surface area contributed by atoms with Crippen molar-refractivity contribution in [3.63, 3.8) is 0 Å². The van der Waals surface area contributed by atoms with E-state index in [2.05, 4.69) is 4.90 Å². The van der Waals surface area contributed by atoms with E-state index in [9.17, 15) is 5.11 Å². The summed E-state index contributed by atoms with van der Waals surface area (Å²) in [6.45, 7) is 4.44. The van der Waals surface area contributed by atoms with Crippen LogP contribution in [-0.2, 0) is 11.3 Å². The molecule has 1 saturated carbocycles. The van der Waals surface area contributed by atoms with Crippen LogP contribution in [0, 0.1) is 0 Å². The highest BCUT2D eigenvalue weighted by Gasteiger charge is 2.30. The van der Waals surface area contributed by atoms with Crippen molar-refractivity contribution in [2.75, 3.05) is 19.8 Å². The van der Waals surface area contributed by atoms with Crippen LogP contribution in [-0.4, -0.2) is 41.9 Å². The molecule has 0 radical (unpaired) electrons. The zero-order valence-corrected chi connectivity index (χ0v) is 10.3. The van der Waals surface area contributed by atoms with Gasteiger partial charge in [-0.1, -0.05) is 0 Å². The zero-order valence-electron chi connectivity index (χ0n) is 10.3. The van der Waals surface area contributed by atoms with Gasteiger partial charge in [-0.3, -0.25) is 4.90 Å². The molecule has 96 valence electrons. The zero-order chi connectivity index (χ0) is 12.1. The number of aliphatic hydroxyl groups is 1. The normalized spacial score (nSPS) is 17.6. The Morgan fingerprint density at radius 1 is 1.59 bits per heavy atom. The summed E-state index contributed by atoms with van der Waals surface area (Å²) < 4.78 is 10.6.